The van der Waals surface area contributed by atoms with Crippen LogP contribution in [0.5, 0.6) is 0 Å². The molecule has 1 amide bonds. The molecule has 0 aliphatic heterocycles. The van der Waals surface area contributed by atoms with Crippen molar-refractivity contribution in [3.63, 3.8) is 0 Å². The van der Waals surface area contributed by atoms with Crippen molar-refractivity contribution in [2.24, 2.45) is 5.73 Å². The van der Waals surface area contributed by atoms with Crippen molar-refractivity contribution in [1.82, 2.24) is 0 Å². The number of carbonyl (C=O) groups excluding carboxylic acids is 1. The van der Waals surface area contributed by atoms with E-state index in [1.807, 2.05) is 22.9 Å². The summed E-state index contributed by atoms with van der Waals surface area (Å²) in [7, 11) is -0.970. The number of hydrogen-bond acceptors (Lipinski definition) is 4. The Bertz CT molecular complexity index is 515. The maximum absolute atomic E-state index is 12.6. The van der Waals surface area contributed by atoms with Crippen molar-refractivity contribution in [3.8, 4) is 0 Å². The van der Waals surface area contributed by atoms with Gasteiger partial charge in [0.05, 0.1) is 5.25 Å². The Morgan fingerprint density at radius 2 is 1.75 bits per heavy atom. The first-order valence-corrected chi connectivity index (χ1v) is 9.65. The molecule has 0 radical (unpaired) electrons. The molecule has 2 aromatic rings. The van der Waals surface area contributed by atoms with E-state index in [1.165, 1.54) is 0 Å². The predicted molar refractivity (Wildman–Crippen MR) is 86.5 cm³/mol. The van der Waals surface area contributed by atoms with E-state index in [9.17, 15) is 9.00 Å². The number of hydrogen-bond donors (Lipinski definition) is 1. The maximum atomic E-state index is 12.6. The number of amides is 1. The Balaban J connectivity index is 2.01. The van der Waals surface area contributed by atoms with Crippen LogP contribution in [0.2, 0.25) is 0 Å². The summed E-state index contributed by atoms with van der Waals surface area (Å²) in [6.45, 7) is 0. The lowest BCUT2D eigenvalue weighted by molar-refractivity contribution is -0.118. The lowest BCUT2D eigenvalue weighted by Crippen LogP contribution is -2.13. The van der Waals surface area contributed by atoms with Gasteiger partial charge in [-0.25, -0.2) is 0 Å². The zero-order valence-electron chi connectivity index (χ0n) is 11.0. The van der Waals surface area contributed by atoms with Crippen LogP contribution in [0.25, 0.3) is 0 Å². The van der Waals surface area contributed by atoms with Gasteiger partial charge in [0, 0.05) is 23.0 Å². The topological polar surface area (TPSA) is 60.2 Å². The molecule has 0 spiro atoms. The summed E-state index contributed by atoms with van der Waals surface area (Å²) in [5, 5.41) is 8.09. The minimum atomic E-state index is -0.970. The first-order chi connectivity index (χ1) is 9.68. The van der Waals surface area contributed by atoms with Crippen molar-refractivity contribution in [2.75, 3.05) is 5.75 Å². The molecule has 0 fully saturated rings. The average molecular weight is 327 g/mol. The molecule has 0 saturated carbocycles. The van der Waals surface area contributed by atoms with Crippen LogP contribution in [0, 0.1) is 0 Å². The lowest BCUT2D eigenvalue weighted by Gasteiger charge is -2.14. The SMILES string of the molecule is NC(=O)CCCCS(=O)C(c1ccsc1)c1ccsc1. The molecule has 0 aromatic carbocycles. The molecule has 20 heavy (non-hydrogen) atoms. The van der Waals surface area contributed by atoms with Crippen molar-refractivity contribution in [2.45, 2.75) is 24.5 Å². The monoisotopic (exact) mass is 327 g/mol. The summed E-state index contributed by atoms with van der Waals surface area (Å²) >= 11 is 3.25. The molecular formula is C14H17NO2S3. The van der Waals surface area contributed by atoms with Crippen molar-refractivity contribution in [1.29, 1.82) is 0 Å². The summed E-state index contributed by atoms with van der Waals surface area (Å²) < 4.78 is 12.6. The highest BCUT2D eigenvalue weighted by atomic mass is 32.2. The standard InChI is InChI=1S/C14H17NO2S3/c15-13(16)3-1-2-8-20(17)14(11-4-6-18-9-11)12-5-7-19-10-12/h4-7,9-10,14H,1-3,8H2,(H2,15,16). The molecule has 1 unspecified atom stereocenters. The Kier molecular flexibility index (Phi) is 5.94. The molecule has 2 N–H and O–H groups in total. The molecule has 3 nitrogen and oxygen atoms in total. The molecule has 2 rings (SSSR count). The van der Waals surface area contributed by atoms with Gasteiger partial charge in [-0.2, -0.15) is 22.7 Å². The summed E-state index contributed by atoms with van der Waals surface area (Å²) in [5.41, 5.74) is 7.34. The number of nitrogens with two attached hydrogens (primary N) is 1. The van der Waals surface area contributed by atoms with Crippen LogP contribution in [0.3, 0.4) is 0 Å². The second-order valence-corrected chi connectivity index (χ2v) is 7.70. The normalized spacial score (nSPS) is 12.7. The van der Waals surface area contributed by atoms with Crippen LogP contribution in [-0.4, -0.2) is 15.9 Å². The van der Waals surface area contributed by atoms with Crippen LogP contribution < -0.4 is 5.73 Å². The molecular weight excluding hydrogens is 310 g/mol. The van der Waals surface area contributed by atoms with E-state index in [2.05, 4.69) is 10.8 Å². The fourth-order valence-corrected chi connectivity index (χ4v) is 5.17. The van der Waals surface area contributed by atoms with Gasteiger partial charge in [-0.05, 0) is 57.6 Å². The maximum Gasteiger partial charge on any atom is 0.217 e. The van der Waals surface area contributed by atoms with Gasteiger partial charge in [0.1, 0.15) is 0 Å². The zero-order valence-corrected chi connectivity index (χ0v) is 13.4. The summed E-state index contributed by atoms with van der Waals surface area (Å²) in [5.74, 6) is 0.312. The van der Waals surface area contributed by atoms with Crippen LogP contribution in [0.4, 0.5) is 0 Å². The van der Waals surface area contributed by atoms with Gasteiger partial charge in [-0.15, -0.1) is 0 Å². The molecule has 2 aromatic heterocycles. The van der Waals surface area contributed by atoms with Crippen LogP contribution in [-0.2, 0) is 15.6 Å². The molecule has 0 aliphatic carbocycles. The van der Waals surface area contributed by atoms with E-state index in [-0.39, 0.29) is 11.2 Å². The highest BCUT2D eigenvalue weighted by molar-refractivity contribution is 7.85. The van der Waals surface area contributed by atoms with Crippen molar-refractivity contribution in [3.05, 3.63) is 44.8 Å². The number of rotatable bonds is 8. The lowest BCUT2D eigenvalue weighted by atomic mass is 10.1. The van der Waals surface area contributed by atoms with E-state index in [0.29, 0.717) is 18.6 Å². The Labute approximate surface area is 129 Å². The smallest absolute Gasteiger partial charge is 0.217 e. The quantitative estimate of drug-likeness (QED) is 0.756. The fraction of sp³-hybridized carbons (Fsp3) is 0.357. The number of primary amides is 1. The van der Waals surface area contributed by atoms with Gasteiger partial charge in [0.2, 0.25) is 5.91 Å². The number of unbranched alkanes of at least 4 members (excludes halogenated alkanes) is 1. The first kappa shape index (κ1) is 15.4. The van der Waals surface area contributed by atoms with Gasteiger partial charge >= 0.3 is 0 Å². The molecule has 108 valence electrons. The van der Waals surface area contributed by atoms with E-state index >= 15 is 0 Å². The zero-order chi connectivity index (χ0) is 14.4. The third-order valence-electron chi connectivity index (χ3n) is 2.97. The number of carbonyl (C=O) groups is 1. The van der Waals surface area contributed by atoms with Gasteiger partial charge < -0.3 is 5.73 Å². The Hall–Kier alpha value is -0.980. The Morgan fingerprint density at radius 1 is 1.15 bits per heavy atom. The highest BCUT2D eigenvalue weighted by Gasteiger charge is 2.21. The summed E-state index contributed by atoms with van der Waals surface area (Å²) in [6.07, 6.45) is 1.85. The minimum Gasteiger partial charge on any atom is -0.370 e. The van der Waals surface area contributed by atoms with E-state index in [4.69, 9.17) is 5.73 Å². The van der Waals surface area contributed by atoms with E-state index in [0.717, 1.165) is 17.5 Å². The van der Waals surface area contributed by atoms with Gasteiger partial charge in [0.15, 0.2) is 0 Å². The van der Waals surface area contributed by atoms with E-state index < -0.39 is 10.8 Å². The largest absolute Gasteiger partial charge is 0.370 e. The summed E-state index contributed by atoms with van der Waals surface area (Å²) in [4.78, 5) is 10.7. The second-order valence-electron chi connectivity index (χ2n) is 4.50. The minimum absolute atomic E-state index is 0.0546. The second kappa shape index (κ2) is 7.71. The van der Waals surface area contributed by atoms with Crippen LogP contribution in [0.1, 0.15) is 35.6 Å². The van der Waals surface area contributed by atoms with Crippen LogP contribution >= 0.6 is 22.7 Å². The molecule has 0 aliphatic rings. The molecule has 0 bridgehead atoms. The van der Waals surface area contributed by atoms with Crippen molar-refractivity contribution >= 4 is 39.4 Å². The van der Waals surface area contributed by atoms with Crippen LogP contribution in [0.15, 0.2) is 33.7 Å². The number of thiophene rings is 2. The average Bonchev–Trinajstić information content (AvgIpc) is 3.08. The molecule has 6 heteroatoms. The van der Waals surface area contributed by atoms with Gasteiger partial charge in [-0.3, -0.25) is 9.00 Å². The van der Waals surface area contributed by atoms with E-state index in [1.54, 1.807) is 22.7 Å². The van der Waals surface area contributed by atoms with Crippen molar-refractivity contribution < 1.29 is 9.00 Å². The third-order valence-corrected chi connectivity index (χ3v) is 6.14. The van der Waals surface area contributed by atoms with Gasteiger partial charge in [-0.1, -0.05) is 0 Å². The molecule has 1 atom stereocenters. The highest BCUT2D eigenvalue weighted by Crippen LogP contribution is 2.31. The predicted octanol–water partition coefficient (Wildman–Crippen LogP) is 3.30. The first-order valence-electron chi connectivity index (χ1n) is 6.38. The fourth-order valence-electron chi connectivity index (χ4n) is 2.01. The Morgan fingerprint density at radius 3 is 2.20 bits per heavy atom. The molecule has 0 saturated heterocycles. The third kappa shape index (κ3) is 4.26. The molecule has 2 heterocycles. The van der Waals surface area contributed by atoms with Gasteiger partial charge in [0.25, 0.3) is 0 Å². The summed E-state index contributed by atoms with van der Waals surface area (Å²) in [6, 6.07) is 4.07.